The van der Waals surface area contributed by atoms with E-state index in [2.05, 4.69) is 0 Å². The number of nitrogen functional groups attached to an aromatic ring is 1. The van der Waals surface area contributed by atoms with Crippen LogP contribution in [0.5, 0.6) is 0 Å². The lowest BCUT2D eigenvalue weighted by Gasteiger charge is -2.16. The lowest BCUT2D eigenvalue weighted by atomic mass is 10.2. The molecule has 2 N–H and O–H groups in total. The van der Waals surface area contributed by atoms with Gasteiger partial charge >= 0.3 is 0 Å². The molecule has 0 spiro atoms. The van der Waals surface area contributed by atoms with E-state index in [1.807, 2.05) is 13.0 Å². The van der Waals surface area contributed by atoms with Gasteiger partial charge in [-0.05, 0) is 24.6 Å². The molecular formula is C12H16N2O2S. The Morgan fingerprint density at radius 1 is 1.29 bits per heavy atom. The average Bonchev–Trinajstić information content (AvgIpc) is 2.69. The van der Waals surface area contributed by atoms with Gasteiger partial charge in [0.1, 0.15) is 0 Å². The third-order valence-electron chi connectivity index (χ3n) is 2.79. The second-order valence-corrected chi connectivity index (χ2v) is 6.31. The summed E-state index contributed by atoms with van der Waals surface area (Å²) in [5, 5.41) is 0. The molecule has 0 bridgehead atoms. The molecule has 1 aliphatic heterocycles. The van der Waals surface area contributed by atoms with Gasteiger partial charge in [0, 0.05) is 18.8 Å². The summed E-state index contributed by atoms with van der Waals surface area (Å²) in [6.07, 6.45) is 1.94. The zero-order chi connectivity index (χ0) is 12.5. The first-order chi connectivity index (χ1) is 7.97. The summed E-state index contributed by atoms with van der Waals surface area (Å²) >= 11 is 0. The Kier molecular flexibility index (Phi) is 3.22. The van der Waals surface area contributed by atoms with Crippen LogP contribution in [0.15, 0.2) is 35.9 Å². The summed E-state index contributed by atoms with van der Waals surface area (Å²) in [5.41, 5.74) is 8.08. The van der Waals surface area contributed by atoms with Crippen LogP contribution < -0.4 is 5.73 Å². The maximum atomic E-state index is 12.1. The quantitative estimate of drug-likeness (QED) is 0.652. The van der Waals surface area contributed by atoms with E-state index >= 15 is 0 Å². The van der Waals surface area contributed by atoms with E-state index < -0.39 is 10.0 Å². The Hall–Kier alpha value is -1.33. The maximum Gasteiger partial charge on any atom is 0.218 e. The first-order valence-electron chi connectivity index (χ1n) is 5.45. The molecule has 0 aliphatic carbocycles. The van der Waals surface area contributed by atoms with Crippen molar-refractivity contribution in [3.05, 3.63) is 41.5 Å². The van der Waals surface area contributed by atoms with Crippen molar-refractivity contribution in [2.24, 2.45) is 0 Å². The molecule has 1 aromatic carbocycles. The van der Waals surface area contributed by atoms with Crippen LogP contribution in [0, 0.1) is 0 Å². The minimum atomic E-state index is -3.22. The molecule has 1 aliphatic rings. The van der Waals surface area contributed by atoms with Crippen molar-refractivity contribution in [2.75, 3.05) is 18.8 Å². The molecule has 5 heteroatoms. The van der Waals surface area contributed by atoms with Gasteiger partial charge in [-0.25, -0.2) is 8.42 Å². The number of nitrogens with two attached hydrogens (primary N) is 1. The molecule has 1 aromatic rings. The zero-order valence-corrected chi connectivity index (χ0v) is 10.6. The standard InChI is InChI=1S/C12H16N2O2S/c1-10-6-7-14(8-10)17(15,16)9-11-2-4-12(13)5-3-11/h2-6H,7-9,13H2,1H3. The van der Waals surface area contributed by atoms with Gasteiger partial charge in [0.25, 0.3) is 0 Å². The van der Waals surface area contributed by atoms with Crippen LogP contribution in [0.3, 0.4) is 0 Å². The molecule has 0 amide bonds. The van der Waals surface area contributed by atoms with E-state index in [1.54, 1.807) is 24.3 Å². The predicted molar refractivity (Wildman–Crippen MR) is 68.8 cm³/mol. The normalized spacial score (nSPS) is 17.1. The summed E-state index contributed by atoms with van der Waals surface area (Å²) in [7, 11) is -3.22. The number of rotatable bonds is 3. The Labute approximate surface area is 102 Å². The number of nitrogens with zero attached hydrogens (tertiary/aromatic N) is 1. The summed E-state index contributed by atoms with van der Waals surface area (Å²) in [6, 6.07) is 6.95. The SMILES string of the molecule is CC1=CCN(S(=O)(=O)Cc2ccc(N)cc2)C1. The van der Waals surface area contributed by atoms with Crippen LogP contribution >= 0.6 is 0 Å². The molecule has 1 heterocycles. The van der Waals surface area contributed by atoms with E-state index in [0.29, 0.717) is 18.8 Å². The molecule has 0 fully saturated rings. The van der Waals surface area contributed by atoms with Crippen molar-refractivity contribution < 1.29 is 8.42 Å². The third-order valence-corrected chi connectivity index (χ3v) is 4.55. The van der Waals surface area contributed by atoms with Crippen LogP contribution in [0.2, 0.25) is 0 Å². The second kappa shape index (κ2) is 4.50. The molecule has 2 rings (SSSR count). The Balaban J connectivity index is 2.10. The lowest BCUT2D eigenvalue weighted by molar-refractivity contribution is 0.483. The van der Waals surface area contributed by atoms with Crippen molar-refractivity contribution in [1.82, 2.24) is 4.31 Å². The van der Waals surface area contributed by atoms with Crippen molar-refractivity contribution in [3.63, 3.8) is 0 Å². The van der Waals surface area contributed by atoms with Gasteiger partial charge in [0.15, 0.2) is 0 Å². The highest BCUT2D eigenvalue weighted by molar-refractivity contribution is 7.88. The molecule has 0 aromatic heterocycles. The van der Waals surface area contributed by atoms with Crippen LogP contribution in [-0.4, -0.2) is 25.8 Å². The number of sulfonamides is 1. The lowest BCUT2D eigenvalue weighted by Crippen LogP contribution is -2.30. The van der Waals surface area contributed by atoms with Gasteiger partial charge in [0.05, 0.1) is 5.75 Å². The smallest absolute Gasteiger partial charge is 0.218 e. The summed E-state index contributed by atoms with van der Waals surface area (Å²) < 4.78 is 25.7. The highest BCUT2D eigenvalue weighted by Gasteiger charge is 2.24. The molecule has 0 unspecified atom stereocenters. The van der Waals surface area contributed by atoms with Crippen molar-refractivity contribution in [2.45, 2.75) is 12.7 Å². The second-order valence-electron chi connectivity index (χ2n) is 4.34. The molecule has 0 saturated heterocycles. The number of hydrogen-bond acceptors (Lipinski definition) is 3. The van der Waals surface area contributed by atoms with Gasteiger partial charge in [-0.3, -0.25) is 0 Å². The van der Waals surface area contributed by atoms with Crippen LogP contribution in [-0.2, 0) is 15.8 Å². The fourth-order valence-electron chi connectivity index (χ4n) is 1.79. The third kappa shape index (κ3) is 2.87. The molecular weight excluding hydrogens is 236 g/mol. The van der Waals surface area contributed by atoms with Gasteiger partial charge < -0.3 is 5.73 Å². The average molecular weight is 252 g/mol. The molecule has 0 saturated carbocycles. The van der Waals surface area contributed by atoms with Gasteiger partial charge in [-0.2, -0.15) is 4.31 Å². The first-order valence-corrected chi connectivity index (χ1v) is 7.06. The summed E-state index contributed by atoms with van der Waals surface area (Å²) in [5.74, 6) is 0.0361. The van der Waals surface area contributed by atoms with E-state index in [-0.39, 0.29) is 5.75 Å². The van der Waals surface area contributed by atoms with Crippen molar-refractivity contribution in [3.8, 4) is 0 Å². The van der Waals surface area contributed by atoms with E-state index in [0.717, 1.165) is 11.1 Å². The van der Waals surface area contributed by atoms with Gasteiger partial charge in [-0.15, -0.1) is 0 Å². The Morgan fingerprint density at radius 2 is 1.94 bits per heavy atom. The van der Waals surface area contributed by atoms with Gasteiger partial charge in [0.2, 0.25) is 10.0 Å². The fraction of sp³-hybridized carbons (Fsp3) is 0.333. The highest BCUT2D eigenvalue weighted by atomic mass is 32.2. The van der Waals surface area contributed by atoms with Crippen LogP contribution in [0.1, 0.15) is 12.5 Å². The molecule has 4 nitrogen and oxygen atoms in total. The fourth-order valence-corrected chi connectivity index (χ4v) is 3.29. The summed E-state index contributed by atoms with van der Waals surface area (Å²) in [6.45, 7) is 2.94. The van der Waals surface area contributed by atoms with E-state index in [4.69, 9.17) is 5.73 Å². The van der Waals surface area contributed by atoms with Crippen LogP contribution in [0.25, 0.3) is 0 Å². The van der Waals surface area contributed by atoms with Crippen molar-refractivity contribution >= 4 is 15.7 Å². The highest BCUT2D eigenvalue weighted by Crippen LogP contribution is 2.17. The molecule has 0 radical (unpaired) electrons. The monoisotopic (exact) mass is 252 g/mol. The predicted octanol–water partition coefficient (Wildman–Crippen LogP) is 1.36. The van der Waals surface area contributed by atoms with Crippen LogP contribution in [0.4, 0.5) is 5.69 Å². The zero-order valence-electron chi connectivity index (χ0n) is 9.76. The number of anilines is 1. The number of benzene rings is 1. The number of hydrogen-bond donors (Lipinski definition) is 1. The Bertz CT molecular complexity index is 532. The van der Waals surface area contributed by atoms with Gasteiger partial charge in [-0.1, -0.05) is 23.8 Å². The van der Waals surface area contributed by atoms with E-state index in [9.17, 15) is 8.42 Å². The first kappa shape index (κ1) is 12.1. The molecule has 92 valence electrons. The largest absolute Gasteiger partial charge is 0.399 e. The topological polar surface area (TPSA) is 63.4 Å². The van der Waals surface area contributed by atoms with Crippen molar-refractivity contribution in [1.29, 1.82) is 0 Å². The van der Waals surface area contributed by atoms with E-state index in [1.165, 1.54) is 4.31 Å². The minimum Gasteiger partial charge on any atom is -0.399 e. The molecule has 17 heavy (non-hydrogen) atoms. The summed E-state index contributed by atoms with van der Waals surface area (Å²) in [4.78, 5) is 0. The maximum absolute atomic E-state index is 12.1. The molecule has 0 atom stereocenters. The Morgan fingerprint density at radius 3 is 2.47 bits per heavy atom. The minimum absolute atomic E-state index is 0.0361.